The third kappa shape index (κ3) is 7.66. The van der Waals surface area contributed by atoms with Crippen LogP contribution in [-0.4, -0.2) is 41.9 Å². The Kier molecular flexibility index (Phi) is 9.15. The van der Waals surface area contributed by atoms with Crippen molar-refractivity contribution in [1.29, 1.82) is 0 Å². The van der Waals surface area contributed by atoms with Gasteiger partial charge in [0, 0.05) is 11.1 Å². The van der Waals surface area contributed by atoms with E-state index in [0.717, 1.165) is 34.4 Å². The zero-order valence-corrected chi connectivity index (χ0v) is 27.3. The summed E-state index contributed by atoms with van der Waals surface area (Å²) in [5, 5.41) is 19.0. The van der Waals surface area contributed by atoms with Crippen LogP contribution in [0.3, 0.4) is 0 Å². The Balaban J connectivity index is 1.25. The number of phenols is 2. The van der Waals surface area contributed by atoms with Crippen LogP contribution in [-0.2, 0) is 20.2 Å². The van der Waals surface area contributed by atoms with Crippen molar-refractivity contribution in [3.8, 4) is 56.8 Å². The molecule has 0 spiro atoms. The highest BCUT2D eigenvalue weighted by molar-refractivity contribution is 7.86. The smallest absolute Gasteiger partial charge is 0.298 e. The molecule has 6 aromatic carbocycles. The topological polar surface area (TPSA) is 185 Å². The lowest BCUT2D eigenvalue weighted by Gasteiger charge is -2.13. The molecule has 0 aromatic heterocycles. The zero-order chi connectivity index (χ0) is 35.6. The van der Waals surface area contributed by atoms with E-state index in [2.05, 4.69) is 0 Å². The Morgan fingerprint density at radius 1 is 0.440 bits per heavy atom. The van der Waals surface area contributed by atoms with Crippen molar-refractivity contribution in [1.82, 2.24) is 0 Å². The quantitative estimate of drug-likeness (QED) is 0.0805. The fourth-order valence-electron chi connectivity index (χ4n) is 5.03. The maximum absolute atomic E-state index is 13.5. The van der Waals surface area contributed by atoms with Crippen molar-refractivity contribution in [2.24, 2.45) is 0 Å². The predicted octanol–water partition coefficient (Wildman–Crippen LogP) is 7.74. The minimum absolute atomic E-state index is 0.115. The summed E-state index contributed by atoms with van der Waals surface area (Å²) in [6.45, 7) is 0. The molecule has 0 atom stereocenters. The number of phenolic OH excluding ortho intramolecular Hbond substituents is 2. The van der Waals surface area contributed by atoms with Gasteiger partial charge in [0.25, 0.3) is 20.2 Å². The Labute approximate surface area is 286 Å². The molecule has 0 aliphatic rings. The third-order valence-corrected chi connectivity index (χ3v) is 9.28. The molecule has 0 aliphatic carbocycles. The average molecular weight is 711 g/mol. The molecule has 11 nitrogen and oxygen atoms in total. The van der Waals surface area contributed by atoms with E-state index in [-0.39, 0.29) is 45.6 Å². The molecule has 0 unspecified atom stereocenters. The standard InChI is InChI=1S/C37H26O11S2/c38-29-11-1-23(2-12-29)25-5-15-31(16-6-25)47-33-19-9-27(21-35(33)49(41,42)43)37(40)28-10-20-34(36(22-28)50(44,45)46)48-32-17-7-26(8-18-32)24-3-13-30(39)14-4-24/h1-22,38-39H,(H,41,42,43)(H,44,45,46). The molecule has 6 rings (SSSR count). The van der Waals surface area contributed by atoms with Gasteiger partial charge in [0.15, 0.2) is 5.78 Å². The lowest BCUT2D eigenvalue weighted by Crippen LogP contribution is -2.08. The summed E-state index contributed by atoms with van der Waals surface area (Å²) in [5.74, 6) is -0.706. The molecule has 0 saturated heterocycles. The van der Waals surface area contributed by atoms with E-state index in [1.165, 1.54) is 48.5 Å². The number of hydrogen-bond donors (Lipinski definition) is 4. The maximum atomic E-state index is 13.5. The second-order valence-corrected chi connectivity index (χ2v) is 13.7. The molecule has 13 heteroatoms. The van der Waals surface area contributed by atoms with E-state index in [1.807, 2.05) is 0 Å². The van der Waals surface area contributed by atoms with Crippen LogP contribution in [0.25, 0.3) is 22.3 Å². The number of benzene rings is 6. The summed E-state index contributed by atoms with van der Waals surface area (Å²) in [4.78, 5) is 12.0. The first-order chi connectivity index (χ1) is 23.7. The summed E-state index contributed by atoms with van der Waals surface area (Å²) < 4.78 is 80.8. The number of ether oxygens (including phenoxy) is 2. The fraction of sp³-hybridized carbons (Fsp3) is 0. The van der Waals surface area contributed by atoms with Crippen LogP contribution in [0.2, 0.25) is 0 Å². The Morgan fingerprint density at radius 2 is 0.740 bits per heavy atom. The Morgan fingerprint density at radius 3 is 1.04 bits per heavy atom. The number of aromatic hydroxyl groups is 2. The van der Waals surface area contributed by atoms with Gasteiger partial charge in [-0.2, -0.15) is 16.8 Å². The first-order valence-electron chi connectivity index (χ1n) is 14.7. The van der Waals surface area contributed by atoms with E-state index in [4.69, 9.17) is 9.47 Å². The molecule has 0 bridgehead atoms. The van der Waals surface area contributed by atoms with E-state index in [1.54, 1.807) is 72.8 Å². The minimum Gasteiger partial charge on any atom is -0.508 e. The van der Waals surface area contributed by atoms with E-state index in [9.17, 15) is 40.9 Å². The van der Waals surface area contributed by atoms with Crippen LogP contribution in [0.1, 0.15) is 15.9 Å². The Bertz CT molecular complexity index is 2250. The predicted molar refractivity (Wildman–Crippen MR) is 183 cm³/mol. The molecule has 0 aliphatic heterocycles. The van der Waals surface area contributed by atoms with Crippen molar-refractivity contribution in [2.45, 2.75) is 9.79 Å². The number of ketones is 1. The normalized spacial score (nSPS) is 11.6. The third-order valence-electron chi connectivity index (χ3n) is 7.53. The summed E-state index contributed by atoms with van der Waals surface area (Å²) >= 11 is 0. The molecule has 0 saturated carbocycles. The molecule has 0 amide bonds. The number of rotatable bonds is 10. The zero-order valence-electron chi connectivity index (χ0n) is 25.7. The molecule has 0 fully saturated rings. The Hall–Kier alpha value is -5.99. The molecule has 0 heterocycles. The fourth-order valence-corrected chi connectivity index (χ4v) is 6.31. The van der Waals surface area contributed by atoms with Gasteiger partial charge < -0.3 is 19.7 Å². The van der Waals surface area contributed by atoms with Gasteiger partial charge in [0.05, 0.1) is 0 Å². The molecule has 4 N–H and O–H groups in total. The summed E-state index contributed by atoms with van der Waals surface area (Å²) in [7, 11) is -9.82. The molecular formula is C37H26O11S2. The van der Waals surface area contributed by atoms with Gasteiger partial charge in [-0.1, -0.05) is 48.5 Å². The van der Waals surface area contributed by atoms with Crippen molar-refractivity contribution in [2.75, 3.05) is 0 Å². The molecule has 6 aromatic rings. The lowest BCUT2D eigenvalue weighted by atomic mass is 10.0. The molecule has 252 valence electrons. The summed E-state index contributed by atoms with van der Waals surface area (Å²) in [5.41, 5.74) is 2.75. The van der Waals surface area contributed by atoms with Crippen molar-refractivity contribution in [3.05, 3.63) is 145 Å². The minimum atomic E-state index is -4.91. The highest BCUT2D eigenvalue weighted by Gasteiger charge is 2.24. The van der Waals surface area contributed by atoms with E-state index < -0.39 is 35.8 Å². The SMILES string of the molecule is O=C(c1ccc(Oc2ccc(-c3ccc(O)cc3)cc2)c(S(=O)(=O)O)c1)c1ccc(Oc2ccc(-c3ccc(O)cc3)cc2)c(S(=O)(=O)O)c1. The maximum Gasteiger partial charge on any atom is 0.298 e. The van der Waals surface area contributed by atoms with Crippen molar-refractivity contribution < 1.29 is 50.4 Å². The van der Waals surface area contributed by atoms with Gasteiger partial charge >= 0.3 is 0 Å². The number of carbonyl (C=O) groups is 1. The van der Waals surface area contributed by atoms with Crippen LogP contribution < -0.4 is 9.47 Å². The lowest BCUT2D eigenvalue weighted by molar-refractivity contribution is 0.103. The van der Waals surface area contributed by atoms with Crippen molar-refractivity contribution in [3.63, 3.8) is 0 Å². The highest BCUT2D eigenvalue weighted by atomic mass is 32.2. The van der Waals surface area contributed by atoms with E-state index >= 15 is 0 Å². The van der Waals surface area contributed by atoms with Crippen LogP contribution in [0.5, 0.6) is 34.5 Å². The van der Waals surface area contributed by atoms with Crippen LogP contribution in [0, 0.1) is 0 Å². The van der Waals surface area contributed by atoms with Gasteiger partial charge in [0.1, 0.15) is 44.3 Å². The average Bonchev–Trinajstić information content (AvgIpc) is 3.09. The van der Waals surface area contributed by atoms with Gasteiger partial charge in [-0.25, -0.2) is 0 Å². The van der Waals surface area contributed by atoms with Gasteiger partial charge in [-0.3, -0.25) is 13.9 Å². The van der Waals surface area contributed by atoms with Crippen LogP contribution >= 0.6 is 0 Å². The first-order valence-corrected chi connectivity index (χ1v) is 17.5. The second-order valence-electron chi connectivity index (χ2n) is 10.9. The van der Waals surface area contributed by atoms with E-state index in [0.29, 0.717) is 0 Å². The van der Waals surface area contributed by atoms with Crippen LogP contribution in [0.15, 0.2) is 143 Å². The largest absolute Gasteiger partial charge is 0.508 e. The number of carbonyl (C=O) groups excluding carboxylic acids is 1. The van der Waals surface area contributed by atoms with Gasteiger partial charge in [0.2, 0.25) is 0 Å². The summed E-state index contributed by atoms with van der Waals surface area (Å²) in [6, 6.07) is 32.7. The molecule has 0 radical (unpaired) electrons. The number of hydrogen-bond acceptors (Lipinski definition) is 9. The summed E-state index contributed by atoms with van der Waals surface area (Å²) in [6.07, 6.45) is 0. The monoisotopic (exact) mass is 710 g/mol. The molecular weight excluding hydrogens is 685 g/mol. The van der Waals surface area contributed by atoms with Gasteiger partial charge in [-0.05, 0) is 107 Å². The second kappa shape index (κ2) is 13.5. The first kappa shape index (κ1) is 33.9. The van der Waals surface area contributed by atoms with Gasteiger partial charge in [-0.15, -0.1) is 0 Å². The van der Waals surface area contributed by atoms with Crippen LogP contribution in [0.4, 0.5) is 0 Å². The highest BCUT2D eigenvalue weighted by Crippen LogP contribution is 2.35. The van der Waals surface area contributed by atoms with Crippen molar-refractivity contribution >= 4 is 26.0 Å². The molecule has 50 heavy (non-hydrogen) atoms.